The highest BCUT2D eigenvalue weighted by Crippen LogP contribution is 2.37. The smallest absolute Gasteiger partial charge is 0.249 e. The van der Waals surface area contributed by atoms with Crippen LogP contribution in [0.2, 0.25) is 0 Å². The van der Waals surface area contributed by atoms with E-state index in [1.165, 1.54) is 12.2 Å². The van der Waals surface area contributed by atoms with Crippen LogP contribution in [0.1, 0.15) is 12.8 Å². The first-order chi connectivity index (χ1) is 6.22. The Labute approximate surface area is 78.2 Å². The summed E-state index contributed by atoms with van der Waals surface area (Å²) < 4.78 is 0. The van der Waals surface area contributed by atoms with E-state index in [1.54, 1.807) is 7.05 Å². The fraction of sp³-hybridized carbons (Fsp3) is 0.889. The SMILES string of the molecule is CON(C)C(=O)C1CC2CC1CN2. The second-order valence-electron chi connectivity index (χ2n) is 3.96. The van der Waals surface area contributed by atoms with Gasteiger partial charge in [0.05, 0.1) is 7.11 Å². The van der Waals surface area contributed by atoms with Crippen molar-refractivity contribution in [3.8, 4) is 0 Å². The maximum atomic E-state index is 11.7. The van der Waals surface area contributed by atoms with Crippen LogP contribution < -0.4 is 5.32 Å². The van der Waals surface area contributed by atoms with Crippen molar-refractivity contribution in [3.05, 3.63) is 0 Å². The van der Waals surface area contributed by atoms with Gasteiger partial charge in [-0.2, -0.15) is 0 Å². The lowest BCUT2D eigenvalue weighted by Crippen LogP contribution is -2.39. The number of hydrogen-bond donors (Lipinski definition) is 1. The normalized spacial score (nSPS) is 36.6. The third kappa shape index (κ3) is 1.44. The number of carbonyl (C=O) groups is 1. The molecule has 0 radical (unpaired) electrons. The molecule has 2 aliphatic rings. The molecular weight excluding hydrogens is 168 g/mol. The second kappa shape index (κ2) is 3.27. The van der Waals surface area contributed by atoms with E-state index in [-0.39, 0.29) is 11.8 Å². The van der Waals surface area contributed by atoms with E-state index < -0.39 is 0 Å². The van der Waals surface area contributed by atoms with Gasteiger partial charge in [0.15, 0.2) is 0 Å². The van der Waals surface area contributed by atoms with Crippen LogP contribution in [0.15, 0.2) is 0 Å². The fourth-order valence-electron chi connectivity index (χ4n) is 2.46. The lowest BCUT2D eigenvalue weighted by molar-refractivity contribution is -0.174. The van der Waals surface area contributed by atoms with Crippen LogP contribution in [0.25, 0.3) is 0 Å². The molecule has 3 atom stereocenters. The Morgan fingerprint density at radius 3 is 2.77 bits per heavy atom. The van der Waals surface area contributed by atoms with Gasteiger partial charge in [-0.1, -0.05) is 0 Å². The molecule has 4 heteroatoms. The molecule has 1 N–H and O–H groups in total. The molecule has 2 bridgehead atoms. The molecule has 3 unspecified atom stereocenters. The number of rotatable bonds is 2. The topological polar surface area (TPSA) is 41.6 Å². The first-order valence-corrected chi connectivity index (χ1v) is 4.77. The third-order valence-corrected chi connectivity index (χ3v) is 3.26. The summed E-state index contributed by atoms with van der Waals surface area (Å²) in [5.74, 6) is 0.864. The molecule has 1 aliphatic carbocycles. The molecule has 1 saturated heterocycles. The number of amides is 1. The Balaban J connectivity index is 1.98. The lowest BCUT2D eigenvalue weighted by Gasteiger charge is -2.25. The van der Waals surface area contributed by atoms with E-state index in [0.29, 0.717) is 12.0 Å². The highest BCUT2D eigenvalue weighted by Gasteiger charge is 2.44. The summed E-state index contributed by atoms with van der Waals surface area (Å²) in [5.41, 5.74) is 0. The summed E-state index contributed by atoms with van der Waals surface area (Å²) in [5, 5.41) is 4.74. The summed E-state index contributed by atoms with van der Waals surface area (Å²) in [7, 11) is 3.21. The van der Waals surface area contributed by atoms with E-state index >= 15 is 0 Å². The second-order valence-corrected chi connectivity index (χ2v) is 3.96. The monoisotopic (exact) mass is 184 g/mol. The predicted molar refractivity (Wildman–Crippen MR) is 47.8 cm³/mol. The maximum absolute atomic E-state index is 11.7. The van der Waals surface area contributed by atoms with Crippen LogP contribution in [0, 0.1) is 11.8 Å². The van der Waals surface area contributed by atoms with Crippen molar-refractivity contribution < 1.29 is 9.63 Å². The molecular formula is C9H16N2O2. The third-order valence-electron chi connectivity index (χ3n) is 3.26. The van der Waals surface area contributed by atoms with E-state index in [0.717, 1.165) is 19.4 Å². The number of hydroxylamine groups is 2. The van der Waals surface area contributed by atoms with Crippen LogP contribution in [0.5, 0.6) is 0 Å². The molecule has 0 aromatic carbocycles. The van der Waals surface area contributed by atoms with Gasteiger partial charge in [0.2, 0.25) is 5.91 Å². The summed E-state index contributed by atoms with van der Waals surface area (Å²) >= 11 is 0. The zero-order chi connectivity index (χ0) is 9.42. The standard InChI is InChI=1S/C9H16N2O2/c1-11(13-2)9(12)8-4-7-3-6(8)5-10-7/h6-8,10H,3-5H2,1-2H3. The Morgan fingerprint density at radius 2 is 2.31 bits per heavy atom. The first kappa shape index (κ1) is 8.97. The van der Waals surface area contributed by atoms with Crippen LogP contribution in [0.3, 0.4) is 0 Å². The highest BCUT2D eigenvalue weighted by atomic mass is 16.7. The molecule has 2 fully saturated rings. The molecule has 13 heavy (non-hydrogen) atoms. The number of nitrogens with zero attached hydrogens (tertiary/aromatic N) is 1. The Morgan fingerprint density at radius 1 is 1.54 bits per heavy atom. The first-order valence-electron chi connectivity index (χ1n) is 4.77. The van der Waals surface area contributed by atoms with Crippen molar-refractivity contribution in [2.24, 2.45) is 11.8 Å². The molecule has 2 rings (SSSR count). The summed E-state index contributed by atoms with van der Waals surface area (Å²) in [6.45, 7) is 0.999. The van der Waals surface area contributed by atoms with Crippen LogP contribution in [-0.4, -0.2) is 37.7 Å². The zero-order valence-electron chi connectivity index (χ0n) is 8.12. The predicted octanol–water partition coefficient (Wildman–Crippen LogP) is 0.00420. The summed E-state index contributed by atoms with van der Waals surface area (Å²) in [6.07, 6.45) is 2.14. The largest absolute Gasteiger partial charge is 0.314 e. The highest BCUT2D eigenvalue weighted by molar-refractivity contribution is 5.78. The summed E-state index contributed by atoms with van der Waals surface area (Å²) in [6, 6.07) is 0.573. The van der Waals surface area contributed by atoms with Crippen molar-refractivity contribution >= 4 is 5.91 Å². The molecule has 0 aromatic rings. The van der Waals surface area contributed by atoms with Crippen LogP contribution in [-0.2, 0) is 9.63 Å². The fourth-order valence-corrected chi connectivity index (χ4v) is 2.46. The van der Waals surface area contributed by atoms with Gasteiger partial charge in [-0.05, 0) is 25.3 Å². The van der Waals surface area contributed by atoms with E-state index in [4.69, 9.17) is 4.84 Å². The van der Waals surface area contributed by atoms with Gasteiger partial charge in [0, 0.05) is 19.0 Å². The van der Waals surface area contributed by atoms with Crippen molar-refractivity contribution in [2.45, 2.75) is 18.9 Å². The maximum Gasteiger partial charge on any atom is 0.249 e. The van der Waals surface area contributed by atoms with E-state index in [2.05, 4.69) is 5.32 Å². The molecule has 74 valence electrons. The molecule has 0 aromatic heterocycles. The molecule has 1 saturated carbocycles. The van der Waals surface area contributed by atoms with Gasteiger partial charge in [-0.15, -0.1) is 0 Å². The average Bonchev–Trinajstić information content (AvgIpc) is 2.76. The molecule has 4 nitrogen and oxygen atoms in total. The number of fused-ring (bicyclic) bond motifs is 2. The van der Waals surface area contributed by atoms with Gasteiger partial charge >= 0.3 is 0 Å². The molecule has 1 aliphatic heterocycles. The van der Waals surface area contributed by atoms with Crippen LogP contribution in [0.4, 0.5) is 0 Å². The Bertz CT molecular complexity index is 220. The minimum Gasteiger partial charge on any atom is -0.314 e. The zero-order valence-corrected chi connectivity index (χ0v) is 8.12. The van der Waals surface area contributed by atoms with E-state index in [1.807, 2.05) is 0 Å². The van der Waals surface area contributed by atoms with Gasteiger partial charge in [0.25, 0.3) is 0 Å². The number of carbonyl (C=O) groups excluding carboxylic acids is 1. The van der Waals surface area contributed by atoms with Gasteiger partial charge in [0.1, 0.15) is 0 Å². The number of hydrogen-bond acceptors (Lipinski definition) is 3. The number of nitrogens with one attached hydrogen (secondary N) is 1. The molecule has 0 spiro atoms. The molecule has 1 heterocycles. The molecule has 1 amide bonds. The van der Waals surface area contributed by atoms with Crippen LogP contribution >= 0.6 is 0 Å². The Hall–Kier alpha value is -0.610. The van der Waals surface area contributed by atoms with Gasteiger partial charge in [-0.3, -0.25) is 9.63 Å². The van der Waals surface area contributed by atoms with Crippen molar-refractivity contribution in [2.75, 3.05) is 20.7 Å². The Kier molecular flexibility index (Phi) is 2.26. The minimum atomic E-state index is 0.136. The van der Waals surface area contributed by atoms with Crippen molar-refractivity contribution in [1.82, 2.24) is 10.4 Å². The minimum absolute atomic E-state index is 0.136. The van der Waals surface area contributed by atoms with E-state index in [9.17, 15) is 4.79 Å². The summed E-state index contributed by atoms with van der Waals surface area (Å²) in [4.78, 5) is 16.6. The quantitative estimate of drug-likeness (QED) is 0.614. The van der Waals surface area contributed by atoms with Gasteiger partial charge in [-0.25, -0.2) is 5.06 Å². The number of piperidine rings is 1. The average molecular weight is 184 g/mol. The lowest BCUT2D eigenvalue weighted by atomic mass is 9.94. The van der Waals surface area contributed by atoms with Crippen molar-refractivity contribution in [1.29, 1.82) is 0 Å². The van der Waals surface area contributed by atoms with Gasteiger partial charge < -0.3 is 5.32 Å². The van der Waals surface area contributed by atoms with Crippen molar-refractivity contribution in [3.63, 3.8) is 0 Å².